The Morgan fingerprint density at radius 1 is 1.29 bits per heavy atom. The molecule has 0 atom stereocenters. The number of sulfonamides is 1. The van der Waals surface area contributed by atoms with Crippen LogP contribution in [0.15, 0.2) is 41.4 Å². The number of pyridine rings is 1. The highest BCUT2D eigenvalue weighted by molar-refractivity contribution is 7.89. The molecule has 21 heavy (non-hydrogen) atoms. The van der Waals surface area contributed by atoms with Crippen LogP contribution in [0.5, 0.6) is 5.75 Å². The van der Waals surface area contributed by atoms with Crippen LogP contribution >= 0.6 is 0 Å². The van der Waals surface area contributed by atoms with Gasteiger partial charge in [-0.3, -0.25) is 0 Å². The van der Waals surface area contributed by atoms with Gasteiger partial charge in [0.2, 0.25) is 10.0 Å². The van der Waals surface area contributed by atoms with Crippen LogP contribution in [0, 0.1) is 0 Å². The first-order valence-corrected chi connectivity index (χ1v) is 7.55. The second-order valence-electron chi connectivity index (χ2n) is 4.37. The Balaban J connectivity index is 2.17. The molecule has 0 amide bonds. The number of nitrogens with two attached hydrogens (primary N) is 1. The summed E-state index contributed by atoms with van der Waals surface area (Å²) >= 11 is 0. The second kappa shape index (κ2) is 4.83. The minimum Gasteiger partial charge on any atom is -0.496 e. The third-order valence-corrected chi connectivity index (χ3v) is 3.93. The lowest BCUT2D eigenvalue weighted by Crippen LogP contribution is -2.12. The van der Waals surface area contributed by atoms with Crippen molar-refractivity contribution in [2.75, 3.05) is 7.11 Å². The molecule has 0 saturated heterocycles. The van der Waals surface area contributed by atoms with Crippen molar-refractivity contribution >= 4 is 21.2 Å². The van der Waals surface area contributed by atoms with Gasteiger partial charge in [0, 0.05) is 12.3 Å². The number of methoxy groups -OCH3 is 1. The fraction of sp³-hybridized carbons (Fsp3) is 0.0769. The first-order chi connectivity index (χ1) is 9.99. The van der Waals surface area contributed by atoms with E-state index in [1.807, 2.05) is 6.07 Å². The predicted octanol–water partition coefficient (Wildman–Crippen LogP) is 1.28. The Morgan fingerprint density at radius 2 is 2.10 bits per heavy atom. The van der Waals surface area contributed by atoms with Gasteiger partial charge in [0.25, 0.3) is 0 Å². The number of ether oxygens (including phenoxy) is 1. The number of rotatable bonds is 3. The van der Waals surface area contributed by atoms with E-state index in [0.29, 0.717) is 22.8 Å². The molecule has 3 N–H and O–H groups in total. The molecule has 1 aromatic carbocycles. The van der Waals surface area contributed by atoms with Crippen LogP contribution in [0.25, 0.3) is 22.6 Å². The van der Waals surface area contributed by atoms with Gasteiger partial charge < -0.3 is 9.72 Å². The first kappa shape index (κ1) is 13.5. The van der Waals surface area contributed by atoms with Crippen LogP contribution in [0.4, 0.5) is 0 Å². The third-order valence-electron chi connectivity index (χ3n) is 3.01. The van der Waals surface area contributed by atoms with Gasteiger partial charge >= 0.3 is 0 Å². The number of benzene rings is 1. The summed E-state index contributed by atoms with van der Waals surface area (Å²) in [4.78, 5) is 11.6. The molecule has 2 heterocycles. The Morgan fingerprint density at radius 3 is 2.76 bits per heavy atom. The van der Waals surface area contributed by atoms with Crippen molar-refractivity contribution in [3.8, 4) is 17.1 Å². The number of H-pyrrole nitrogens is 1. The van der Waals surface area contributed by atoms with Crippen LogP contribution in [-0.4, -0.2) is 30.5 Å². The molecule has 3 rings (SSSR count). The van der Waals surface area contributed by atoms with E-state index in [2.05, 4.69) is 15.0 Å². The fourth-order valence-corrected chi connectivity index (χ4v) is 2.55. The number of aromatic nitrogens is 3. The summed E-state index contributed by atoms with van der Waals surface area (Å²) in [6.07, 6.45) is 1.65. The lowest BCUT2D eigenvalue weighted by Gasteiger charge is -2.07. The molecule has 0 saturated carbocycles. The van der Waals surface area contributed by atoms with Crippen LogP contribution in [0.3, 0.4) is 0 Å². The average Bonchev–Trinajstić information content (AvgIpc) is 2.89. The van der Waals surface area contributed by atoms with Gasteiger partial charge in [-0.1, -0.05) is 0 Å². The van der Waals surface area contributed by atoms with Crippen molar-refractivity contribution < 1.29 is 13.2 Å². The molecule has 3 aromatic rings. The highest BCUT2D eigenvalue weighted by Gasteiger charge is 2.15. The number of fused-ring (bicyclic) bond motifs is 1. The smallest absolute Gasteiger partial charge is 0.238 e. The van der Waals surface area contributed by atoms with Crippen molar-refractivity contribution in [2.45, 2.75) is 4.90 Å². The fourth-order valence-electron chi connectivity index (χ4n) is 2.02. The molecule has 0 fully saturated rings. The van der Waals surface area contributed by atoms with Crippen LogP contribution in [0.1, 0.15) is 0 Å². The molecule has 0 bridgehead atoms. The highest BCUT2D eigenvalue weighted by atomic mass is 32.2. The number of nitrogens with zero attached hydrogens (tertiary/aromatic N) is 2. The monoisotopic (exact) mass is 304 g/mol. The van der Waals surface area contributed by atoms with Crippen molar-refractivity contribution in [3.63, 3.8) is 0 Å². The summed E-state index contributed by atoms with van der Waals surface area (Å²) < 4.78 is 28.0. The van der Waals surface area contributed by atoms with Crippen LogP contribution in [-0.2, 0) is 10.0 Å². The van der Waals surface area contributed by atoms with E-state index in [0.717, 1.165) is 5.52 Å². The molecule has 2 aromatic heterocycles. The Labute approximate surface area is 120 Å². The molecule has 0 aliphatic rings. The molecular formula is C13H12N4O3S. The summed E-state index contributed by atoms with van der Waals surface area (Å²) in [5.41, 5.74) is 1.98. The lowest BCUT2D eigenvalue weighted by molar-refractivity contribution is 0.415. The average molecular weight is 304 g/mol. The van der Waals surface area contributed by atoms with Gasteiger partial charge in [-0.25, -0.2) is 23.5 Å². The van der Waals surface area contributed by atoms with E-state index in [-0.39, 0.29) is 4.90 Å². The lowest BCUT2D eigenvalue weighted by atomic mass is 10.2. The summed E-state index contributed by atoms with van der Waals surface area (Å²) in [7, 11) is -2.33. The van der Waals surface area contributed by atoms with Crippen molar-refractivity contribution in [2.24, 2.45) is 5.14 Å². The van der Waals surface area contributed by atoms with E-state index in [9.17, 15) is 8.42 Å². The van der Waals surface area contributed by atoms with E-state index in [1.165, 1.54) is 19.2 Å². The standard InChI is InChI=1S/C13H12N4O3S/c1-20-11-7-8(21(14,18)19)4-5-9(11)12-16-10-3-2-6-15-13(10)17-12/h2-7H,1H3,(H2,14,18,19)(H,15,16,17). The number of aromatic amines is 1. The van der Waals surface area contributed by atoms with Gasteiger partial charge in [-0.2, -0.15) is 0 Å². The van der Waals surface area contributed by atoms with Gasteiger partial charge in [0.1, 0.15) is 11.6 Å². The normalized spacial score (nSPS) is 11.7. The SMILES string of the molecule is COc1cc(S(N)(=O)=O)ccc1-c1nc2ncccc2[nH]1. The van der Waals surface area contributed by atoms with E-state index >= 15 is 0 Å². The third kappa shape index (κ3) is 2.46. The van der Waals surface area contributed by atoms with Crippen molar-refractivity contribution in [3.05, 3.63) is 36.5 Å². The number of hydrogen-bond donors (Lipinski definition) is 2. The van der Waals surface area contributed by atoms with Crippen LogP contribution in [0.2, 0.25) is 0 Å². The molecule has 7 nitrogen and oxygen atoms in total. The zero-order valence-electron chi connectivity index (χ0n) is 11.1. The number of nitrogens with one attached hydrogen (secondary N) is 1. The first-order valence-electron chi connectivity index (χ1n) is 6.01. The minimum absolute atomic E-state index is 0.0164. The van der Waals surface area contributed by atoms with Crippen molar-refractivity contribution in [1.29, 1.82) is 0 Å². The Bertz CT molecular complexity index is 885. The summed E-state index contributed by atoms with van der Waals surface area (Å²) in [6, 6.07) is 8.02. The maximum Gasteiger partial charge on any atom is 0.238 e. The zero-order valence-corrected chi connectivity index (χ0v) is 11.9. The Hall–Kier alpha value is -2.45. The number of primary sulfonamides is 1. The van der Waals surface area contributed by atoms with Gasteiger partial charge in [-0.05, 0) is 24.3 Å². The summed E-state index contributed by atoms with van der Waals surface area (Å²) in [5.74, 6) is 0.905. The Kier molecular flexibility index (Phi) is 3.11. The van der Waals surface area contributed by atoms with Gasteiger partial charge in [0.05, 0.1) is 23.1 Å². The largest absolute Gasteiger partial charge is 0.496 e. The van der Waals surface area contributed by atoms with Gasteiger partial charge in [-0.15, -0.1) is 0 Å². The summed E-state index contributed by atoms with van der Waals surface area (Å²) in [5, 5.41) is 5.11. The molecule has 0 unspecified atom stereocenters. The van der Waals surface area contributed by atoms with Gasteiger partial charge in [0.15, 0.2) is 5.65 Å². The van der Waals surface area contributed by atoms with Crippen LogP contribution < -0.4 is 9.88 Å². The molecule has 0 radical (unpaired) electrons. The maximum atomic E-state index is 11.4. The molecular weight excluding hydrogens is 292 g/mol. The number of hydrogen-bond acceptors (Lipinski definition) is 5. The second-order valence-corrected chi connectivity index (χ2v) is 5.93. The zero-order chi connectivity index (χ0) is 15.0. The van der Waals surface area contributed by atoms with E-state index in [1.54, 1.807) is 18.3 Å². The topological polar surface area (TPSA) is 111 Å². The number of imidazole rings is 1. The highest BCUT2D eigenvalue weighted by Crippen LogP contribution is 2.31. The van der Waals surface area contributed by atoms with E-state index in [4.69, 9.17) is 9.88 Å². The summed E-state index contributed by atoms with van der Waals surface area (Å²) in [6.45, 7) is 0. The quantitative estimate of drug-likeness (QED) is 0.757. The molecule has 0 aliphatic carbocycles. The molecule has 0 aliphatic heterocycles. The molecule has 108 valence electrons. The maximum absolute atomic E-state index is 11.4. The molecule has 8 heteroatoms. The van der Waals surface area contributed by atoms with Crippen molar-refractivity contribution in [1.82, 2.24) is 15.0 Å². The molecule has 0 spiro atoms. The predicted molar refractivity (Wildman–Crippen MR) is 77.2 cm³/mol. The minimum atomic E-state index is -3.78. The van der Waals surface area contributed by atoms with E-state index < -0.39 is 10.0 Å².